The van der Waals surface area contributed by atoms with Crippen LogP contribution in [0.3, 0.4) is 0 Å². The van der Waals surface area contributed by atoms with Crippen molar-refractivity contribution in [1.29, 1.82) is 0 Å². The molecular weight excluding hydrogens is 801 g/mol. The van der Waals surface area contributed by atoms with Crippen molar-refractivity contribution in [3.05, 3.63) is 230 Å². The Kier molecular flexibility index (Phi) is 7.87. The van der Waals surface area contributed by atoms with E-state index in [2.05, 4.69) is 245 Å². The number of fused-ring (bicyclic) bond motifs is 13. The van der Waals surface area contributed by atoms with Crippen LogP contribution in [0, 0.1) is 6.92 Å². The van der Waals surface area contributed by atoms with Crippen LogP contribution in [0.2, 0.25) is 0 Å². The van der Waals surface area contributed by atoms with Gasteiger partial charge in [-0.15, -0.1) is 0 Å². The highest BCUT2D eigenvalue weighted by Crippen LogP contribution is 2.43. The monoisotopic (exact) mass is 840 g/mol. The van der Waals surface area contributed by atoms with Gasteiger partial charge in [0.25, 0.3) is 0 Å². The number of nitrogens with zero attached hydrogens (tertiary/aromatic N) is 4. The van der Waals surface area contributed by atoms with Gasteiger partial charge in [0.1, 0.15) is 0 Å². The molecule has 14 rings (SSSR count). The van der Waals surface area contributed by atoms with Crippen molar-refractivity contribution in [3.63, 3.8) is 0 Å². The summed E-state index contributed by atoms with van der Waals surface area (Å²) in [6, 6.07) is 81.9. The number of rotatable bonds is 5. The Morgan fingerprint density at radius 2 is 0.773 bits per heavy atom. The lowest BCUT2D eigenvalue weighted by molar-refractivity contribution is 1.17. The first-order valence-corrected chi connectivity index (χ1v) is 22.7. The number of pyridine rings is 1. The van der Waals surface area contributed by atoms with Crippen molar-refractivity contribution in [3.8, 4) is 39.4 Å². The lowest BCUT2D eigenvalue weighted by Gasteiger charge is -2.14. The fraction of sp³-hybridized carbons (Fsp3) is 0.0161. The van der Waals surface area contributed by atoms with Crippen LogP contribution in [0.4, 0.5) is 0 Å². The number of benzene rings is 10. The predicted molar refractivity (Wildman–Crippen MR) is 278 cm³/mol. The highest BCUT2D eigenvalue weighted by atomic mass is 15.0. The summed E-state index contributed by atoms with van der Waals surface area (Å²) in [5.74, 6) is 0. The molecule has 0 bridgehead atoms. The van der Waals surface area contributed by atoms with Gasteiger partial charge in [0, 0.05) is 71.1 Å². The van der Waals surface area contributed by atoms with Crippen molar-refractivity contribution in [2.75, 3.05) is 0 Å². The summed E-state index contributed by atoms with van der Waals surface area (Å²) < 4.78 is 7.20. The van der Waals surface area contributed by atoms with Crippen LogP contribution in [-0.4, -0.2) is 18.7 Å². The Hall–Kier alpha value is -8.73. The highest BCUT2D eigenvalue weighted by Gasteiger charge is 2.21. The van der Waals surface area contributed by atoms with E-state index in [0.717, 1.165) is 38.9 Å². The summed E-state index contributed by atoms with van der Waals surface area (Å²) in [6.45, 7) is 2.16. The molecule has 0 aliphatic heterocycles. The van der Waals surface area contributed by atoms with Gasteiger partial charge in [0.15, 0.2) is 0 Å². The maximum Gasteiger partial charge on any atom is 0.0788 e. The van der Waals surface area contributed by atoms with E-state index in [-0.39, 0.29) is 0 Å². The molecule has 0 saturated carbocycles. The molecule has 4 heteroatoms. The number of para-hydroxylation sites is 5. The molecule has 14 aromatic rings. The van der Waals surface area contributed by atoms with Crippen LogP contribution in [-0.2, 0) is 0 Å². The third-order valence-corrected chi connectivity index (χ3v) is 13.9. The zero-order valence-corrected chi connectivity index (χ0v) is 36.2. The summed E-state index contributed by atoms with van der Waals surface area (Å²) >= 11 is 0. The second-order valence-corrected chi connectivity index (χ2v) is 17.6. The Labute approximate surface area is 380 Å². The molecule has 10 aromatic carbocycles. The second-order valence-electron chi connectivity index (χ2n) is 17.6. The molecule has 0 radical (unpaired) electrons. The van der Waals surface area contributed by atoms with Crippen molar-refractivity contribution < 1.29 is 0 Å². The van der Waals surface area contributed by atoms with Crippen molar-refractivity contribution >= 4 is 87.1 Å². The zero-order chi connectivity index (χ0) is 43.5. The summed E-state index contributed by atoms with van der Waals surface area (Å²) in [7, 11) is 0. The van der Waals surface area contributed by atoms with Crippen LogP contribution in [0.15, 0.2) is 224 Å². The fourth-order valence-corrected chi connectivity index (χ4v) is 11.0. The van der Waals surface area contributed by atoms with Crippen molar-refractivity contribution in [2.24, 2.45) is 0 Å². The Balaban J connectivity index is 0.906. The molecule has 0 unspecified atom stereocenters. The molecule has 4 nitrogen and oxygen atoms in total. The SMILES string of the molecule is Cc1cccc(-n2c3ccccc3c3cc(-c4ccc5c(c4)c4ccccc4n5-c4ccc(-c5nc6ccccc6c6c5ccc5c6c6ccccc6n5-c5ccccc5)cc4)ccc32)c1. The molecule has 66 heavy (non-hydrogen) atoms. The lowest BCUT2D eigenvalue weighted by Crippen LogP contribution is -1.95. The van der Waals surface area contributed by atoms with Gasteiger partial charge >= 0.3 is 0 Å². The molecule has 0 aliphatic carbocycles. The minimum absolute atomic E-state index is 0.986. The molecule has 0 N–H and O–H groups in total. The first kappa shape index (κ1) is 36.7. The molecule has 0 saturated heterocycles. The minimum atomic E-state index is 0.986. The smallest absolute Gasteiger partial charge is 0.0788 e. The van der Waals surface area contributed by atoms with Crippen LogP contribution < -0.4 is 0 Å². The van der Waals surface area contributed by atoms with Gasteiger partial charge < -0.3 is 13.7 Å². The molecular formula is C62H40N4. The zero-order valence-electron chi connectivity index (χ0n) is 36.2. The average molecular weight is 841 g/mol. The van der Waals surface area contributed by atoms with E-state index < -0.39 is 0 Å². The van der Waals surface area contributed by atoms with Crippen LogP contribution in [0.25, 0.3) is 127 Å². The Morgan fingerprint density at radius 1 is 0.288 bits per heavy atom. The topological polar surface area (TPSA) is 27.7 Å². The largest absolute Gasteiger partial charge is 0.309 e. The lowest BCUT2D eigenvalue weighted by atomic mass is 9.96. The van der Waals surface area contributed by atoms with Gasteiger partial charge in [0.05, 0.1) is 44.3 Å². The first-order chi connectivity index (χ1) is 32.7. The Bertz CT molecular complexity index is 4280. The molecule has 0 aliphatic rings. The van der Waals surface area contributed by atoms with Crippen molar-refractivity contribution in [2.45, 2.75) is 6.92 Å². The van der Waals surface area contributed by atoms with Gasteiger partial charge in [-0.1, -0.05) is 133 Å². The third kappa shape index (κ3) is 5.36. The maximum atomic E-state index is 5.40. The van der Waals surface area contributed by atoms with Crippen LogP contribution >= 0.6 is 0 Å². The van der Waals surface area contributed by atoms with Crippen LogP contribution in [0.1, 0.15) is 5.56 Å². The number of aryl methyl sites for hydroxylation is 1. The molecule has 0 fully saturated rings. The first-order valence-electron chi connectivity index (χ1n) is 22.7. The van der Waals surface area contributed by atoms with E-state index >= 15 is 0 Å². The van der Waals surface area contributed by atoms with Gasteiger partial charge in [-0.25, -0.2) is 4.98 Å². The number of hydrogen-bond donors (Lipinski definition) is 0. The van der Waals surface area contributed by atoms with E-state index in [9.17, 15) is 0 Å². The summed E-state index contributed by atoms with van der Waals surface area (Å²) in [4.78, 5) is 5.40. The third-order valence-electron chi connectivity index (χ3n) is 13.9. The summed E-state index contributed by atoms with van der Waals surface area (Å²) in [5.41, 5.74) is 17.3. The van der Waals surface area contributed by atoms with E-state index in [0.29, 0.717) is 0 Å². The van der Waals surface area contributed by atoms with Gasteiger partial charge in [-0.05, 0) is 115 Å². The number of aromatic nitrogens is 4. The predicted octanol–water partition coefficient (Wildman–Crippen LogP) is 16.3. The number of hydrogen-bond acceptors (Lipinski definition) is 1. The van der Waals surface area contributed by atoms with E-state index in [1.165, 1.54) is 93.2 Å². The maximum absolute atomic E-state index is 5.40. The molecule has 0 amide bonds. The second kappa shape index (κ2) is 14.1. The van der Waals surface area contributed by atoms with E-state index in [1.807, 2.05) is 0 Å². The quantitative estimate of drug-likeness (QED) is 0.159. The van der Waals surface area contributed by atoms with Gasteiger partial charge in [-0.3, -0.25) is 0 Å². The molecule has 0 atom stereocenters. The molecule has 0 spiro atoms. The molecule has 4 aromatic heterocycles. The molecule has 4 heterocycles. The normalized spacial score (nSPS) is 12.0. The molecule has 308 valence electrons. The Morgan fingerprint density at radius 3 is 1.44 bits per heavy atom. The van der Waals surface area contributed by atoms with E-state index in [1.54, 1.807) is 0 Å². The summed E-state index contributed by atoms with van der Waals surface area (Å²) in [5, 5.41) is 11.0. The fourth-order valence-electron chi connectivity index (χ4n) is 11.0. The summed E-state index contributed by atoms with van der Waals surface area (Å²) in [6.07, 6.45) is 0. The highest BCUT2D eigenvalue weighted by molar-refractivity contribution is 6.29. The standard InChI is InChI=1S/C62H40N4/c1-39-14-13-17-45(36-39)66-55-24-11-7-19-47(55)52-38-42(29-34-58(52)66)41-28-33-57-51(37-41)46-18-6-10-23-54(46)64(57)44-30-26-40(27-31-44)62-50-32-35-59-61(60(50)48-20-5-9-22-53(48)63-62)49-21-8-12-25-56(49)65(59)43-15-3-2-4-16-43/h2-38H,1H3. The van der Waals surface area contributed by atoms with Crippen LogP contribution in [0.5, 0.6) is 0 Å². The van der Waals surface area contributed by atoms with Gasteiger partial charge in [0.2, 0.25) is 0 Å². The van der Waals surface area contributed by atoms with Gasteiger partial charge in [-0.2, -0.15) is 0 Å². The van der Waals surface area contributed by atoms with E-state index in [4.69, 9.17) is 4.98 Å². The average Bonchev–Trinajstić information content (AvgIpc) is 4.02. The van der Waals surface area contributed by atoms with Crippen molar-refractivity contribution in [1.82, 2.24) is 18.7 Å². The minimum Gasteiger partial charge on any atom is -0.309 e.